The van der Waals surface area contributed by atoms with Gasteiger partial charge in [-0.25, -0.2) is 4.98 Å². The molecule has 1 spiro atoms. The third kappa shape index (κ3) is 3.38. The van der Waals surface area contributed by atoms with Crippen molar-refractivity contribution in [3.63, 3.8) is 0 Å². The molecule has 0 saturated heterocycles. The topological polar surface area (TPSA) is 34.9 Å². The Hall–Kier alpha value is -5.54. The highest BCUT2D eigenvalue weighted by molar-refractivity contribution is 6.10. The number of aryl methyl sites for hydroxylation is 1. The van der Waals surface area contributed by atoms with Gasteiger partial charge in [0.05, 0.1) is 21.9 Å². The van der Waals surface area contributed by atoms with E-state index in [1.54, 1.807) is 0 Å². The Balaban J connectivity index is 1.40. The van der Waals surface area contributed by atoms with Crippen LogP contribution in [0.4, 0.5) is 0 Å². The zero-order chi connectivity index (χ0) is 33.4. The molecule has 0 N–H and O–H groups in total. The standard InChI is InChI=1S/C46H36N2O/c1-27-18-20-28(21-19-27)45(5)35-15-9-8-14-34(35)42(49)48-41-39(47-43(45)48)25-24-33-31-13-7-11-17-37(31)46(40(33)41)36-16-10-6-12-30(36)32-23-22-29(26-38(32)46)44(2,3)4/h6-26H,1-5H3. The van der Waals surface area contributed by atoms with Crippen LogP contribution in [-0.4, -0.2) is 15.5 Å². The molecule has 0 bridgehead atoms. The maximum absolute atomic E-state index is 15.0. The third-order valence-electron chi connectivity index (χ3n) is 11.7. The number of hydrogen-bond acceptors (Lipinski definition) is 2. The molecule has 1 aliphatic heterocycles. The summed E-state index contributed by atoms with van der Waals surface area (Å²) >= 11 is 0. The van der Waals surface area contributed by atoms with E-state index >= 15 is 4.79 Å². The maximum Gasteiger partial charge on any atom is 0.264 e. The van der Waals surface area contributed by atoms with Gasteiger partial charge in [-0.2, -0.15) is 0 Å². The highest BCUT2D eigenvalue weighted by Crippen LogP contribution is 2.64. The summed E-state index contributed by atoms with van der Waals surface area (Å²) < 4.78 is 1.98. The molecule has 7 aromatic rings. The minimum absolute atomic E-state index is 0.0212. The molecule has 1 aromatic heterocycles. The normalized spacial score (nSPS) is 19.7. The Morgan fingerprint density at radius 2 is 1.18 bits per heavy atom. The second kappa shape index (κ2) is 9.33. The largest absolute Gasteiger partial charge is 0.268 e. The number of nitrogens with zero attached hydrogens (tertiary/aromatic N) is 2. The van der Waals surface area contributed by atoms with Crippen LogP contribution < -0.4 is 0 Å². The number of carbonyl (C=O) groups excluding carboxylic acids is 1. The summed E-state index contributed by atoms with van der Waals surface area (Å²) in [6.45, 7) is 11.2. The van der Waals surface area contributed by atoms with Gasteiger partial charge in [0, 0.05) is 11.1 Å². The number of carbonyl (C=O) groups is 1. The van der Waals surface area contributed by atoms with E-state index in [1.165, 1.54) is 50.1 Å². The lowest BCUT2D eigenvalue weighted by atomic mass is 9.69. The fraction of sp³-hybridized carbons (Fsp3) is 0.174. The first-order valence-corrected chi connectivity index (χ1v) is 17.3. The molecular formula is C46H36N2O. The van der Waals surface area contributed by atoms with Crippen LogP contribution in [0, 0.1) is 6.92 Å². The fourth-order valence-corrected chi connectivity index (χ4v) is 9.31. The quantitative estimate of drug-likeness (QED) is 0.181. The minimum Gasteiger partial charge on any atom is -0.268 e. The molecule has 3 heteroatoms. The predicted molar refractivity (Wildman–Crippen MR) is 198 cm³/mol. The third-order valence-corrected chi connectivity index (χ3v) is 11.7. The molecule has 0 radical (unpaired) electrons. The van der Waals surface area contributed by atoms with Crippen LogP contribution in [0.1, 0.15) is 88.4 Å². The predicted octanol–water partition coefficient (Wildman–Crippen LogP) is 10.3. The van der Waals surface area contributed by atoms with Crippen molar-refractivity contribution in [3.8, 4) is 22.3 Å². The molecule has 2 atom stereocenters. The maximum atomic E-state index is 15.0. The molecule has 0 fully saturated rings. The summed E-state index contributed by atoms with van der Waals surface area (Å²) in [5, 5.41) is 0. The van der Waals surface area contributed by atoms with Crippen LogP contribution in [0.3, 0.4) is 0 Å². The van der Waals surface area contributed by atoms with Gasteiger partial charge in [0.25, 0.3) is 5.91 Å². The Bertz CT molecular complexity index is 2570. The molecule has 49 heavy (non-hydrogen) atoms. The average Bonchev–Trinajstić information content (AvgIpc) is 3.75. The lowest BCUT2D eigenvalue weighted by Gasteiger charge is -2.36. The Morgan fingerprint density at radius 1 is 0.612 bits per heavy atom. The molecule has 0 amide bonds. The smallest absolute Gasteiger partial charge is 0.264 e. The molecular weight excluding hydrogens is 597 g/mol. The van der Waals surface area contributed by atoms with Crippen LogP contribution in [0.2, 0.25) is 0 Å². The van der Waals surface area contributed by atoms with Crippen molar-refractivity contribution < 1.29 is 4.79 Å². The van der Waals surface area contributed by atoms with Gasteiger partial charge in [-0.1, -0.05) is 142 Å². The van der Waals surface area contributed by atoms with E-state index in [-0.39, 0.29) is 11.3 Å². The molecule has 0 saturated carbocycles. The molecule has 6 aromatic carbocycles. The fourth-order valence-electron chi connectivity index (χ4n) is 9.31. The van der Waals surface area contributed by atoms with Gasteiger partial charge in [0.1, 0.15) is 5.82 Å². The number of fused-ring (bicyclic) bond motifs is 15. The second-order valence-corrected chi connectivity index (χ2v) is 15.3. The van der Waals surface area contributed by atoms with Crippen LogP contribution in [0.25, 0.3) is 33.3 Å². The molecule has 10 rings (SSSR count). The van der Waals surface area contributed by atoms with Gasteiger partial charge in [-0.15, -0.1) is 0 Å². The number of benzene rings is 6. The van der Waals surface area contributed by atoms with Gasteiger partial charge in [0.2, 0.25) is 0 Å². The van der Waals surface area contributed by atoms with Crippen molar-refractivity contribution in [2.75, 3.05) is 0 Å². The van der Waals surface area contributed by atoms with E-state index in [0.717, 1.165) is 39.1 Å². The zero-order valence-electron chi connectivity index (χ0n) is 28.4. The first kappa shape index (κ1) is 28.5. The number of aromatic nitrogens is 2. The Morgan fingerprint density at radius 3 is 1.86 bits per heavy atom. The number of rotatable bonds is 1. The molecule has 236 valence electrons. The molecule has 2 aliphatic carbocycles. The summed E-state index contributed by atoms with van der Waals surface area (Å²) in [6.07, 6.45) is 0. The summed E-state index contributed by atoms with van der Waals surface area (Å²) in [5.74, 6) is 0.747. The summed E-state index contributed by atoms with van der Waals surface area (Å²) in [5.41, 5.74) is 15.6. The van der Waals surface area contributed by atoms with Crippen molar-refractivity contribution in [3.05, 3.63) is 183 Å². The average molecular weight is 633 g/mol. The first-order valence-electron chi connectivity index (χ1n) is 17.3. The second-order valence-electron chi connectivity index (χ2n) is 15.3. The number of hydrogen-bond donors (Lipinski definition) is 0. The van der Waals surface area contributed by atoms with Crippen LogP contribution in [0.5, 0.6) is 0 Å². The van der Waals surface area contributed by atoms with E-state index in [9.17, 15) is 0 Å². The van der Waals surface area contributed by atoms with E-state index in [1.807, 2.05) is 22.8 Å². The van der Waals surface area contributed by atoms with Crippen molar-refractivity contribution in [2.24, 2.45) is 0 Å². The molecule has 3 aliphatic rings. The first-order chi connectivity index (χ1) is 23.6. The zero-order valence-corrected chi connectivity index (χ0v) is 28.4. The van der Waals surface area contributed by atoms with E-state index in [0.29, 0.717) is 0 Å². The minimum atomic E-state index is -0.645. The molecule has 3 nitrogen and oxygen atoms in total. The van der Waals surface area contributed by atoms with Crippen molar-refractivity contribution >= 4 is 16.9 Å². The Labute approximate surface area is 286 Å². The van der Waals surface area contributed by atoms with E-state index in [4.69, 9.17) is 4.98 Å². The number of imidazole rings is 1. The van der Waals surface area contributed by atoms with Gasteiger partial charge in [0.15, 0.2) is 0 Å². The summed E-state index contributed by atoms with van der Waals surface area (Å²) in [4.78, 5) is 20.5. The van der Waals surface area contributed by atoms with Crippen molar-refractivity contribution in [1.82, 2.24) is 9.55 Å². The van der Waals surface area contributed by atoms with E-state index in [2.05, 4.69) is 144 Å². The SMILES string of the molecule is Cc1ccc(C2(C)c3ccccc3C(=O)n3c2nc2ccc4c(c23)C2(c3ccccc3-c3ccc(C(C)(C)C)cc32)c2ccccc2-4)cc1. The van der Waals surface area contributed by atoms with Crippen LogP contribution in [-0.2, 0) is 16.2 Å². The monoisotopic (exact) mass is 632 g/mol. The van der Waals surface area contributed by atoms with Gasteiger partial charge in [-0.05, 0) is 87.0 Å². The van der Waals surface area contributed by atoms with Crippen LogP contribution in [0.15, 0.2) is 127 Å². The van der Waals surface area contributed by atoms with E-state index < -0.39 is 10.8 Å². The highest BCUT2D eigenvalue weighted by Gasteiger charge is 2.54. The van der Waals surface area contributed by atoms with Crippen LogP contribution >= 0.6 is 0 Å². The van der Waals surface area contributed by atoms with Crippen molar-refractivity contribution in [1.29, 1.82) is 0 Å². The lowest BCUT2D eigenvalue weighted by molar-refractivity contribution is 0.0949. The molecule has 2 heterocycles. The summed E-state index contributed by atoms with van der Waals surface area (Å²) in [7, 11) is 0. The van der Waals surface area contributed by atoms with Gasteiger partial charge < -0.3 is 0 Å². The molecule has 2 unspecified atom stereocenters. The lowest BCUT2D eigenvalue weighted by Crippen LogP contribution is -2.38. The van der Waals surface area contributed by atoms with Gasteiger partial charge >= 0.3 is 0 Å². The Kier molecular flexibility index (Phi) is 5.42. The summed E-state index contributed by atoms with van der Waals surface area (Å²) in [6, 6.07) is 46.0. The highest BCUT2D eigenvalue weighted by atomic mass is 16.2. The van der Waals surface area contributed by atoms with Gasteiger partial charge in [-0.3, -0.25) is 9.36 Å². The van der Waals surface area contributed by atoms with Crippen molar-refractivity contribution in [2.45, 2.75) is 50.9 Å².